The van der Waals surface area contributed by atoms with Crippen molar-refractivity contribution in [2.45, 2.75) is 31.7 Å². The van der Waals surface area contributed by atoms with Crippen LogP contribution in [0, 0.1) is 11.3 Å². The van der Waals surface area contributed by atoms with E-state index in [-0.39, 0.29) is 18.9 Å². The Morgan fingerprint density at radius 1 is 1.64 bits per heavy atom. The molecule has 0 aliphatic carbocycles. The Kier molecular flexibility index (Phi) is 6.26. The minimum atomic E-state index is -0.618. The molecule has 14 heavy (non-hydrogen) atoms. The molecule has 0 saturated carbocycles. The van der Waals surface area contributed by atoms with Gasteiger partial charge in [0, 0.05) is 13.1 Å². The van der Waals surface area contributed by atoms with Crippen molar-refractivity contribution in [3.63, 3.8) is 0 Å². The predicted molar refractivity (Wildman–Crippen MR) is 53.8 cm³/mol. The third kappa shape index (κ3) is 5.05. The van der Waals surface area contributed by atoms with E-state index in [1.807, 2.05) is 6.07 Å². The zero-order chi connectivity index (χ0) is 11.1. The van der Waals surface area contributed by atoms with Gasteiger partial charge in [0.15, 0.2) is 0 Å². The fourth-order valence-electron chi connectivity index (χ4n) is 1.05. The molecule has 0 aliphatic rings. The first-order valence-electron chi connectivity index (χ1n) is 4.47. The second-order valence-corrected chi connectivity index (χ2v) is 3.81. The topological polar surface area (TPSA) is 64.3 Å². The van der Waals surface area contributed by atoms with E-state index in [0.717, 1.165) is 0 Å². The number of aliphatic hydroxyl groups excluding tert-OH is 1. The third-order valence-electron chi connectivity index (χ3n) is 1.63. The van der Waals surface area contributed by atoms with Crippen LogP contribution < -0.4 is 0 Å². The number of aliphatic hydroxyl groups is 1. The largest absolute Gasteiger partial charge is 0.392 e. The molecule has 0 aromatic rings. The highest BCUT2D eigenvalue weighted by molar-refractivity contribution is 6.30. The Bertz CT molecular complexity index is 223. The Morgan fingerprint density at radius 2 is 2.21 bits per heavy atom. The van der Waals surface area contributed by atoms with Crippen LogP contribution in [0.2, 0.25) is 0 Å². The first-order valence-corrected chi connectivity index (χ1v) is 4.90. The lowest BCUT2D eigenvalue weighted by atomic mass is 10.3. The summed E-state index contributed by atoms with van der Waals surface area (Å²) in [6.45, 7) is 3.70. The number of rotatable bonds is 5. The van der Waals surface area contributed by atoms with E-state index in [9.17, 15) is 4.79 Å². The number of nitriles is 1. The van der Waals surface area contributed by atoms with Gasteiger partial charge in [-0.1, -0.05) is 0 Å². The zero-order valence-corrected chi connectivity index (χ0v) is 9.16. The van der Waals surface area contributed by atoms with Gasteiger partial charge >= 0.3 is 0 Å². The van der Waals surface area contributed by atoms with E-state index in [4.69, 9.17) is 22.0 Å². The number of halogens is 1. The third-order valence-corrected chi connectivity index (χ3v) is 1.82. The quantitative estimate of drug-likeness (QED) is 0.693. The molecule has 0 rings (SSSR count). The highest BCUT2D eigenvalue weighted by Crippen LogP contribution is 2.03. The van der Waals surface area contributed by atoms with Gasteiger partial charge in [-0.15, -0.1) is 11.6 Å². The second kappa shape index (κ2) is 6.63. The van der Waals surface area contributed by atoms with Crippen LogP contribution in [0.5, 0.6) is 0 Å². The molecule has 0 saturated heterocycles. The van der Waals surface area contributed by atoms with Crippen molar-refractivity contribution in [1.82, 2.24) is 4.90 Å². The van der Waals surface area contributed by atoms with E-state index in [2.05, 4.69) is 0 Å². The molecule has 0 spiro atoms. The van der Waals surface area contributed by atoms with E-state index >= 15 is 0 Å². The summed E-state index contributed by atoms with van der Waals surface area (Å²) in [6.07, 6.45) is -0.352. The number of carbonyl (C=O) groups excluding carboxylic acids is 1. The second-order valence-electron chi connectivity index (χ2n) is 3.16. The van der Waals surface area contributed by atoms with Gasteiger partial charge in [0.05, 0.1) is 18.6 Å². The fraction of sp³-hybridized carbons (Fsp3) is 0.778. The molecule has 0 heterocycles. The van der Waals surface area contributed by atoms with Crippen LogP contribution >= 0.6 is 11.6 Å². The van der Waals surface area contributed by atoms with E-state index < -0.39 is 11.5 Å². The van der Waals surface area contributed by atoms with Gasteiger partial charge in [0.1, 0.15) is 5.38 Å². The van der Waals surface area contributed by atoms with E-state index in [1.54, 1.807) is 13.8 Å². The van der Waals surface area contributed by atoms with Crippen LogP contribution in [0.1, 0.15) is 20.3 Å². The lowest BCUT2D eigenvalue weighted by Crippen LogP contribution is -2.40. The van der Waals surface area contributed by atoms with Gasteiger partial charge in [-0.3, -0.25) is 4.79 Å². The summed E-state index contributed by atoms with van der Waals surface area (Å²) in [7, 11) is 0. The number of hydrogen-bond donors (Lipinski definition) is 1. The standard InChI is InChI=1S/C9H15ClN2O2/c1-7(13)6-12(5-3-4-11)9(14)8(2)10/h7-8,13H,3,5-6H2,1-2H3. The highest BCUT2D eigenvalue weighted by Gasteiger charge is 2.19. The molecular formula is C9H15ClN2O2. The molecule has 5 heteroatoms. The smallest absolute Gasteiger partial charge is 0.240 e. The van der Waals surface area contributed by atoms with Crippen molar-refractivity contribution in [2.75, 3.05) is 13.1 Å². The summed E-state index contributed by atoms with van der Waals surface area (Å²) < 4.78 is 0. The summed E-state index contributed by atoms with van der Waals surface area (Å²) >= 11 is 5.63. The lowest BCUT2D eigenvalue weighted by molar-refractivity contribution is -0.131. The van der Waals surface area contributed by atoms with Gasteiger partial charge < -0.3 is 10.0 Å². The Hall–Kier alpha value is -0.790. The maximum Gasteiger partial charge on any atom is 0.240 e. The predicted octanol–water partition coefficient (Wildman–Crippen LogP) is 0.737. The first kappa shape index (κ1) is 13.2. The fourth-order valence-corrected chi connectivity index (χ4v) is 1.18. The summed E-state index contributed by atoms with van der Waals surface area (Å²) in [6, 6.07) is 1.95. The average molecular weight is 219 g/mol. The van der Waals surface area contributed by atoms with Crippen molar-refractivity contribution in [2.24, 2.45) is 0 Å². The minimum Gasteiger partial charge on any atom is -0.392 e. The van der Waals surface area contributed by atoms with E-state index in [0.29, 0.717) is 6.54 Å². The Balaban J connectivity index is 4.24. The van der Waals surface area contributed by atoms with Crippen LogP contribution in [-0.2, 0) is 4.79 Å². The molecule has 0 radical (unpaired) electrons. The van der Waals surface area contributed by atoms with Crippen molar-refractivity contribution in [3.05, 3.63) is 0 Å². The maximum atomic E-state index is 11.5. The van der Waals surface area contributed by atoms with Gasteiger partial charge in [-0.25, -0.2) is 0 Å². The molecule has 1 amide bonds. The minimum absolute atomic E-state index is 0.220. The number of hydrogen-bond acceptors (Lipinski definition) is 3. The van der Waals surface area contributed by atoms with Gasteiger partial charge in [0.25, 0.3) is 0 Å². The summed E-state index contributed by atoms with van der Waals surface area (Å²) in [4.78, 5) is 12.9. The van der Waals surface area contributed by atoms with Crippen LogP contribution in [0.4, 0.5) is 0 Å². The normalized spacial score (nSPS) is 14.2. The van der Waals surface area contributed by atoms with Crippen molar-refractivity contribution >= 4 is 17.5 Å². The lowest BCUT2D eigenvalue weighted by Gasteiger charge is -2.24. The summed E-state index contributed by atoms with van der Waals surface area (Å²) in [5.41, 5.74) is 0. The first-order chi connectivity index (χ1) is 6.49. The van der Waals surface area contributed by atoms with Crippen LogP contribution in [0.25, 0.3) is 0 Å². The zero-order valence-electron chi connectivity index (χ0n) is 8.40. The monoisotopic (exact) mass is 218 g/mol. The SMILES string of the molecule is CC(O)CN(CCC#N)C(=O)C(C)Cl. The molecule has 2 atom stereocenters. The molecule has 0 fully saturated rings. The van der Waals surface area contributed by atoms with Crippen molar-refractivity contribution in [1.29, 1.82) is 5.26 Å². The van der Waals surface area contributed by atoms with Gasteiger partial charge in [-0.2, -0.15) is 5.26 Å². The maximum absolute atomic E-state index is 11.5. The number of nitrogens with zero attached hydrogens (tertiary/aromatic N) is 2. The average Bonchev–Trinajstić information content (AvgIpc) is 2.10. The molecule has 0 aliphatic heterocycles. The van der Waals surface area contributed by atoms with Crippen molar-refractivity contribution in [3.8, 4) is 6.07 Å². The molecule has 0 aromatic heterocycles. The van der Waals surface area contributed by atoms with Crippen LogP contribution in [-0.4, -0.2) is 40.5 Å². The summed E-state index contributed by atoms with van der Waals surface area (Å²) in [5, 5.41) is 16.9. The summed E-state index contributed by atoms with van der Waals surface area (Å²) in [5.74, 6) is -0.247. The molecular weight excluding hydrogens is 204 g/mol. The van der Waals surface area contributed by atoms with Crippen molar-refractivity contribution < 1.29 is 9.90 Å². The highest BCUT2D eigenvalue weighted by atomic mass is 35.5. The number of carbonyl (C=O) groups is 1. The molecule has 80 valence electrons. The molecule has 0 bridgehead atoms. The van der Waals surface area contributed by atoms with Crippen LogP contribution in [0.15, 0.2) is 0 Å². The molecule has 4 nitrogen and oxygen atoms in total. The van der Waals surface area contributed by atoms with E-state index in [1.165, 1.54) is 4.90 Å². The molecule has 1 N–H and O–H groups in total. The van der Waals surface area contributed by atoms with Gasteiger partial charge in [-0.05, 0) is 13.8 Å². The Morgan fingerprint density at radius 3 is 2.57 bits per heavy atom. The van der Waals surface area contributed by atoms with Gasteiger partial charge in [0.2, 0.25) is 5.91 Å². The Labute approximate surface area is 89.1 Å². The number of amides is 1. The molecule has 2 unspecified atom stereocenters. The molecule has 0 aromatic carbocycles. The number of alkyl halides is 1. The van der Waals surface area contributed by atoms with Crippen LogP contribution in [0.3, 0.4) is 0 Å².